The molecule has 8 heteroatoms. The molecule has 1 aromatic carbocycles. The van der Waals surface area contributed by atoms with Gasteiger partial charge in [-0.3, -0.25) is 4.79 Å². The largest absolute Gasteiger partial charge is 0.482 e. The molecular weight excluding hydrogens is 333 g/mol. The first-order valence-electron chi connectivity index (χ1n) is 7.20. The van der Waals surface area contributed by atoms with E-state index in [1.165, 1.54) is 12.1 Å². The Balaban J connectivity index is 0.00000264. The third-order valence-electron chi connectivity index (χ3n) is 3.83. The van der Waals surface area contributed by atoms with Crippen molar-refractivity contribution < 1.29 is 22.7 Å². The first-order valence-corrected chi connectivity index (χ1v) is 7.20. The summed E-state index contributed by atoms with van der Waals surface area (Å²) in [5.41, 5.74) is 5.90. The second-order valence-electron chi connectivity index (χ2n) is 5.42. The minimum absolute atomic E-state index is 0. The molecule has 1 aliphatic rings. The number of amides is 1. The summed E-state index contributed by atoms with van der Waals surface area (Å²) >= 11 is 0. The number of alkyl halides is 3. The molecule has 0 radical (unpaired) electrons. The number of benzene rings is 1. The first-order chi connectivity index (χ1) is 10.4. The topological polar surface area (TPSA) is 64.4 Å². The van der Waals surface area contributed by atoms with Crippen LogP contribution in [0, 0.1) is 11.8 Å². The molecule has 23 heavy (non-hydrogen) atoms. The van der Waals surface area contributed by atoms with Gasteiger partial charge in [-0.2, -0.15) is 13.2 Å². The number of nitrogens with one attached hydrogen (secondary N) is 1. The standard InChI is InChI=1S/C15H19F3N2O2.ClH/c16-15(17,18)9-22-13-7-2-1-6-12(13)20-14(21)11-5-3-4-10(11)8-19;/h1-2,6-7,10-11H,3-5,8-9,19H2,(H,20,21);1H/t10-,11-;/m1./s1. The van der Waals surface area contributed by atoms with E-state index in [2.05, 4.69) is 5.32 Å². The number of nitrogens with two attached hydrogens (primary N) is 1. The molecule has 2 rings (SSSR count). The second kappa shape index (κ2) is 8.40. The number of rotatable bonds is 5. The van der Waals surface area contributed by atoms with Crippen molar-refractivity contribution in [2.75, 3.05) is 18.5 Å². The average Bonchev–Trinajstić information content (AvgIpc) is 2.94. The van der Waals surface area contributed by atoms with Crippen molar-refractivity contribution in [2.45, 2.75) is 25.4 Å². The lowest BCUT2D eigenvalue weighted by Crippen LogP contribution is -2.30. The monoisotopic (exact) mass is 352 g/mol. The van der Waals surface area contributed by atoms with Crippen molar-refractivity contribution in [1.29, 1.82) is 0 Å². The number of anilines is 1. The third kappa shape index (κ3) is 5.58. The fraction of sp³-hybridized carbons (Fsp3) is 0.533. The van der Waals surface area contributed by atoms with E-state index >= 15 is 0 Å². The van der Waals surface area contributed by atoms with E-state index in [9.17, 15) is 18.0 Å². The average molecular weight is 353 g/mol. The molecule has 0 unspecified atom stereocenters. The maximum absolute atomic E-state index is 12.3. The normalized spacial score (nSPS) is 20.7. The van der Waals surface area contributed by atoms with Crippen LogP contribution in [0.3, 0.4) is 0 Å². The fourth-order valence-electron chi connectivity index (χ4n) is 2.74. The zero-order chi connectivity index (χ0) is 16.2. The van der Waals surface area contributed by atoms with E-state index in [4.69, 9.17) is 10.5 Å². The Labute approximate surface area is 139 Å². The van der Waals surface area contributed by atoms with E-state index in [0.29, 0.717) is 6.54 Å². The Hall–Kier alpha value is -1.47. The number of carbonyl (C=O) groups is 1. The van der Waals surface area contributed by atoms with E-state index in [1.54, 1.807) is 12.1 Å². The molecule has 0 bridgehead atoms. The number of hydrogen-bond acceptors (Lipinski definition) is 3. The molecule has 0 aliphatic heterocycles. The predicted octanol–water partition coefficient (Wildman–Crippen LogP) is 3.36. The fourth-order valence-corrected chi connectivity index (χ4v) is 2.74. The van der Waals surface area contributed by atoms with E-state index in [-0.39, 0.29) is 41.6 Å². The lowest BCUT2D eigenvalue weighted by molar-refractivity contribution is -0.153. The second-order valence-corrected chi connectivity index (χ2v) is 5.42. The molecular formula is C15H20ClF3N2O2. The van der Waals surface area contributed by atoms with Gasteiger partial charge < -0.3 is 15.8 Å². The third-order valence-corrected chi connectivity index (χ3v) is 3.83. The molecule has 0 saturated heterocycles. The maximum atomic E-state index is 12.3. The SMILES string of the molecule is Cl.NC[C@H]1CCC[C@H]1C(=O)Nc1ccccc1OCC(F)(F)F. The Bertz CT molecular complexity index is 526. The van der Waals surface area contributed by atoms with Crippen LogP contribution in [-0.2, 0) is 4.79 Å². The zero-order valence-corrected chi connectivity index (χ0v) is 13.3. The summed E-state index contributed by atoms with van der Waals surface area (Å²) in [6, 6.07) is 6.11. The van der Waals surface area contributed by atoms with Gasteiger partial charge >= 0.3 is 6.18 Å². The van der Waals surface area contributed by atoms with Crippen molar-refractivity contribution in [2.24, 2.45) is 17.6 Å². The number of carbonyl (C=O) groups excluding carboxylic acids is 1. The summed E-state index contributed by atoms with van der Waals surface area (Å²) in [5, 5.41) is 2.67. The highest BCUT2D eigenvalue weighted by Gasteiger charge is 2.32. The predicted molar refractivity (Wildman–Crippen MR) is 83.8 cm³/mol. The summed E-state index contributed by atoms with van der Waals surface area (Å²) in [5.74, 6) is -0.268. The van der Waals surface area contributed by atoms with Gasteiger partial charge in [0.05, 0.1) is 5.69 Å². The van der Waals surface area contributed by atoms with Crippen LogP contribution >= 0.6 is 12.4 Å². The molecule has 0 heterocycles. The highest BCUT2D eigenvalue weighted by molar-refractivity contribution is 5.94. The van der Waals surface area contributed by atoms with Gasteiger partial charge in [-0.25, -0.2) is 0 Å². The molecule has 1 saturated carbocycles. The van der Waals surface area contributed by atoms with Crippen LogP contribution in [0.5, 0.6) is 5.75 Å². The Kier molecular flexibility index (Phi) is 7.15. The minimum atomic E-state index is -4.42. The van der Waals surface area contributed by atoms with Crippen molar-refractivity contribution in [3.63, 3.8) is 0 Å². The molecule has 130 valence electrons. The van der Waals surface area contributed by atoms with Crippen molar-refractivity contribution in [1.82, 2.24) is 0 Å². The molecule has 2 atom stereocenters. The molecule has 0 spiro atoms. The summed E-state index contributed by atoms with van der Waals surface area (Å²) in [7, 11) is 0. The van der Waals surface area contributed by atoms with Gasteiger partial charge in [0.1, 0.15) is 5.75 Å². The van der Waals surface area contributed by atoms with E-state index in [1.807, 2.05) is 0 Å². The highest BCUT2D eigenvalue weighted by Crippen LogP contribution is 2.33. The molecule has 4 nitrogen and oxygen atoms in total. The number of halogens is 4. The van der Waals surface area contributed by atoms with Gasteiger partial charge in [-0.15, -0.1) is 12.4 Å². The van der Waals surface area contributed by atoms with Crippen molar-refractivity contribution >= 4 is 24.0 Å². The molecule has 0 aromatic heterocycles. The van der Waals surface area contributed by atoms with Crippen LogP contribution in [-0.4, -0.2) is 25.2 Å². The van der Waals surface area contributed by atoms with Crippen LogP contribution in [0.15, 0.2) is 24.3 Å². The van der Waals surface area contributed by atoms with Crippen LogP contribution in [0.25, 0.3) is 0 Å². The van der Waals surface area contributed by atoms with Gasteiger partial charge in [0, 0.05) is 5.92 Å². The first kappa shape index (κ1) is 19.6. The molecule has 1 aromatic rings. The van der Waals surface area contributed by atoms with Gasteiger partial charge in [0.15, 0.2) is 6.61 Å². The summed E-state index contributed by atoms with van der Waals surface area (Å²) in [6.45, 7) is -0.959. The Morgan fingerprint density at radius 3 is 2.65 bits per heavy atom. The number of ether oxygens (including phenoxy) is 1. The van der Waals surface area contributed by atoms with Gasteiger partial charge in [0.2, 0.25) is 5.91 Å². The molecule has 3 N–H and O–H groups in total. The van der Waals surface area contributed by atoms with E-state index < -0.39 is 12.8 Å². The van der Waals surface area contributed by atoms with Crippen LogP contribution in [0.4, 0.5) is 18.9 Å². The number of hydrogen-bond donors (Lipinski definition) is 2. The summed E-state index contributed by atoms with van der Waals surface area (Å²) in [4.78, 5) is 12.3. The lowest BCUT2D eigenvalue weighted by Gasteiger charge is -2.19. The minimum Gasteiger partial charge on any atom is -0.482 e. The van der Waals surface area contributed by atoms with Gasteiger partial charge in [0.25, 0.3) is 0 Å². The van der Waals surface area contributed by atoms with Crippen molar-refractivity contribution in [3.8, 4) is 5.75 Å². The lowest BCUT2D eigenvalue weighted by atomic mass is 9.95. The Morgan fingerprint density at radius 2 is 2.00 bits per heavy atom. The quantitative estimate of drug-likeness (QED) is 0.854. The van der Waals surface area contributed by atoms with Crippen LogP contribution in [0.2, 0.25) is 0 Å². The molecule has 1 aliphatic carbocycles. The highest BCUT2D eigenvalue weighted by atomic mass is 35.5. The van der Waals surface area contributed by atoms with Crippen LogP contribution in [0.1, 0.15) is 19.3 Å². The maximum Gasteiger partial charge on any atom is 0.422 e. The molecule has 1 amide bonds. The van der Waals surface area contributed by atoms with E-state index in [0.717, 1.165) is 19.3 Å². The smallest absolute Gasteiger partial charge is 0.422 e. The van der Waals surface area contributed by atoms with Gasteiger partial charge in [-0.1, -0.05) is 18.6 Å². The number of para-hydroxylation sites is 2. The summed E-state index contributed by atoms with van der Waals surface area (Å²) < 4.78 is 41.5. The van der Waals surface area contributed by atoms with Crippen LogP contribution < -0.4 is 15.8 Å². The van der Waals surface area contributed by atoms with Gasteiger partial charge in [-0.05, 0) is 37.4 Å². The molecule has 1 fully saturated rings. The Morgan fingerprint density at radius 1 is 1.30 bits per heavy atom. The zero-order valence-electron chi connectivity index (χ0n) is 12.4. The van der Waals surface area contributed by atoms with Crippen molar-refractivity contribution in [3.05, 3.63) is 24.3 Å². The summed E-state index contributed by atoms with van der Waals surface area (Å²) in [6.07, 6.45) is -1.83.